The second-order valence-electron chi connectivity index (χ2n) is 8.01. The lowest BCUT2D eigenvalue weighted by molar-refractivity contribution is 0.0988. The summed E-state index contributed by atoms with van der Waals surface area (Å²) in [6.07, 6.45) is 6.31. The number of aromatic nitrogens is 3. The number of carbonyl (C=O) groups excluding carboxylic acids is 1. The van der Waals surface area contributed by atoms with Gasteiger partial charge in [-0.1, -0.05) is 25.3 Å². The highest BCUT2D eigenvalue weighted by molar-refractivity contribution is 6.06. The zero-order valence-corrected chi connectivity index (χ0v) is 17.2. The van der Waals surface area contributed by atoms with Gasteiger partial charge in [-0.05, 0) is 63.4 Å². The highest BCUT2D eigenvalue weighted by Gasteiger charge is 2.22. The number of benzene rings is 1. The summed E-state index contributed by atoms with van der Waals surface area (Å²) in [5.74, 6) is -0.0940. The Kier molecular flexibility index (Phi) is 4.92. The average Bonchev–Trinajstić information content (AvgIpc) is 3.02. The van der Waals surface area contributed by atoms with Gasteiger partial charge in [-0.25, -0.2) is 4.98 Å². The van der Waals surface area contributed by atoms with Crippen molar-refractivity contribution in [3.63, 3.8) is 0 Å². The van der Waals surface area contributed by atoms with E-state index in [2.05, 4.69) is 28.7 Å². The van der Waals surface area contributed by atoms with Crippen molar-refractivity contribution in [2.45, 2.75) is 58.9 Å². The molecule has 3 aromatic rings. The maximum atomic E-state index is 13.0. The Labute approximate surface area is 166 Å². The topological polar surface area (TPSA) is 51.0 Å². The van der Waals surface area contributed by atoms with Gasteiger partial charge in [0.15, 0.2) is 0 Å². The van der Waals surface area contributed by atoms with E-state index in [1.807, 2.05) is 33.0 Å². The van der Waals surface area contributed by atoms with E-state index in [9.17, 15) is 4.79 Å². The van der Waals surface area contributed by atoms with Gasteiger partial charge in [0.05, 0.1) is 11.6 Å². The van der Waals surface area contributed by atoms with E-state index in [0.29, 0.717) is 11.7 Å². The van der Waals surface area contributed by atoms with Crippen LogP contribution in [0.3, 0.4) is 0 Å². The van der Waals surface area contributed by atoms with Crippen LogP contribution in [0.1, 0.15) is 65.6 Å². The van der Waals surface area contributed by atoms with Crippen molar-refractivity contribution in [1.29, 1.82) is 0 Å². The smallest absolute Gasteiger partial charge is 0.276 e. The van der Waals surface area contributed by atoms with Crippen LogP contribution in [-0.4, -0.2) is 27.7 Å². The molecule has 1 amide bonds. The fourth-order valence-corrected chi connectivity index (χ4v) is 4.35. The second-order valence-corrected chi connectivity index (χ2v) is 8.01. The van der Waals surface area contributed by atoms with Crippen molar-refractivity contribution in [2.75, 3.05) is 11.9 Å². The Bertz CT molecular complexity index is 1030. The number of anilines is 1. The van der Waals surface area contributed by atoms with Crippen LogP contribution in [0.25, 0.3) is 10.9 Å². The first-order chi connectivity index (χ1) is 13.5. The molecule has 0 unspecified atom stereocenters. The zero-order chi connectivity index (χ0) is 19.8. The highest BCUT2D eigenvalue weighted by atomic mass is 16.2. The van der Waals surface area contributed by atoms with Gasteiger partial charge in [-0.3, -0.25) is 9.48 Å². The lowest BCUT2D eigenvalue weighted by Gasteiger charge is -2.23. The summed E-state index contributed by atoms with van der Waals surface area (Å²) < 4.78 is 2.22. The van der Waals surface area contributed by atoms with E-state index in [-0.39, 0.29) is 5.91 Å². The molecule has 0 atom stereocenters. The van der Waals surface area contributed by atoms with Crippen molar-refractivity contribution in [3.8, 4) is 0 Å². The van der Waals surface area contributed by atoms with Crippen molar-refractivity contribution in [1.82, 2.24) is 14.8 Å². The van der Waals surface area contributed by atoms with Crippen LogP contribution in [0.2, 0.25) is 0 Å². The van der Waals surface area contributed by atoms with Crippen LogP contribution in [0.15, 0.2) is 30.3 Å². The zero-order valence-electron chi connectivity index (χ0n) is 17.2. The van der Waals surface area contributed by atoms with Crippen LogP contribution in [0, 0.1) is 20.8 Å². The number of carbonyl (C=O) groups is 1. The number of fused-ring (bicyclic) bond motifs is 1. The Balaban J connectivity index is 1.72. The average molecular weight is 377 g/mol. The fraction of sp³-hybridized carbons (Fsp3) is 0.435. The molecule has 5 nitrogen and oxygen atoms in total. The summed E-state index contributed by atoms with van der Waals surface area (Å²) in [4.78, 5) is 19.1. The largest absolute Gasteiger partial charge is 0.310 e. The first-order valence-electron chi connectivity index (χ1n) is 10.2. The summed E-state index contributed by atoms with van der Waals surface area (Å²) in [5, 5.41) is 6.04. The number of hydrogen-bond acceptors (Lipinski definition) is 3. The van der Waals surface area contributed by atoms with Gasteiger partial charge in [0, 0.05) is 29.5 Å². The third-order valence-corrected chi connectivity index (χ3v) is 5.96. The predicted octanol–water partition coefficient (Wildman–Crippen LogP) is 5.14. The number of rotatable bonds is 3. The minimum Gasteiger partial charge on any atom is -0.310 e. The molecule has 1 fully saturated rings. The normalized spacial score (nSPS) is 15.1. The van der Waals surface area contributed by atoms with E-state index >= 15 is 0 Å². The van der Waals surface area contributed by atoms with Gasteiger partial charge in [0.2, 0.25) is 0 Å². The quantitative estimate of drug-likeness (QED) is 0.636. The van der Waals surface area contributed by atoms with Crippen LogP contribution >= 0.6 is 0 Å². The molecule has 1 aliphatic carbocycles. The van der Waals surface area contributed by atoms with Crippen molar-refractivity contribution >= 4 is 22.5 Å². The molecule has 1 aromatic carbocycles. The molecule has 0 saturated heterocycles. The summed E-state index contributed by atoms with van der Waals surface area (Å²) >= 11 is 0. The van der Waals surface area contributed by atoms with Crippen LogP contribution < -0.4 is 4.90 Å². The number of amides is 1. The molecule has 2 heterocycles. The van der Waals surface area contributed by atoms with Gasteiger partial charge < -0.3 is 4.90 Å². The van der Waals surface area contributed by atoms with E-state index in [1.165, 1.54) is 37.8 Å². The summed E-state index contributed by atoms with van der Waals surface area (Å²) in [7, 11) is 1.82. The molecule has 0 bridgehead atoms. The summed E-state index contributed by atoms with van der Waals surface area (Å²) in [6, 6.07) is 10.3. The lowest BCUT2D eigenvalue weighted by atomic mass is 9.95. The highest BCUT2D eigenvalue weighted by Crippen LogP contribution is 2.33. The van der Waals surface area contributed by atoms with Gasteiger partial charge in [0.1, 0.15) is 5.69 Å². The Morgan fingerprint density at radius 2 is 1.86 bits per heavy atom. The van der Waals surface area contributed by atoms with Crippen LogP contribution in [-0.2, 0) is 0 Å². The van der Waals surface area contributed by atoms with Crippen LogP contribution in [0.4, 0.5) is 5.69 Å². The summed E-state index contributed by atoms with van der Waals surface area (Å²) in [6.45, 7) is 6.08. The molecule has 28 heavy (non-hydrogen) atoms. The SMILES string of the molecule is Cc1cccc(C(=O)N(C)c2cc3c(C)n(C4CCCCC4)nc3cc2C)n1. The molecule has 5 heteroatoms. The maximum Gasteiger partial charge on any atom is 0.276 e. The van der Waals surface area contributed by atoms with Gasteiger partial charge in [0.25, 0.3) is 5.91 Å². The van der Waals surface area contributed by atoms with Crippen molar-refractivity contribution in [3.05, 3.63) is 53.0 Å². The Morgan fingerprint density at radius 3 is 2.57 bits per heavy atom. The molecular weight excluding hydrogens is 348 g/mol. The minimum atomic E-state index is -0.0940. The number of pyridine rings is 1. The van der Waals surface area contributed by atoms with E-state index < -0.39 is 0 Å². The second kappa shape index (κ2) is 7.38. The molecule has 0 N–H and O–H groups in total. The monoisotopic (exact) mass is 376 g/mol. The molecule has 1 aliphatic rings. The van der Waals surface area contributed by atoms with Gasteiger partial charge in [-0.15, -0.1) is 0 Å². The molecule has 1 saturated carbocycles. The van der Waals surface area contributed by atoms with E-state index in [0.717, 1.165) is 27.8 Å². The Morgan fingerprint density at radius 1 is 1.11 bits per heavy atom. The minimum absolute atomic E-state index is 0.0940. The van der Waals surface area contributed by atoms with Crippen LogP contribution in [0.5, 0.6) is 0 Å². The standard InChI is InChI=1S/C23H28N4O/c1-15-13-21-19(17(3)27(25-21)18-10-6-5-7-11-18)14-22(15)26(4)23(28)20-12-8-9-16(2)24-20/h8-9,12-14,18H,5-7,10-11H2,1-4H3. The lowest BCUT2D eigenvalue weighted by Crippen LogP contribution is -2.27. The fourth-order valence-electron chi connectivity index (χ4n) is 4.35. The van der Waals surface area contributed by atoms with E-state index in [4.69, 9.17) is 5.10 Å². The number of hydrogen-bond donors (Lipinski definition) is 0. The molecule has 0 spiro atoms. The van der Waals surface area contributed by atoms with E-state index in [1.54, 1.807) is 11.0 Å². The first-order valence-corrected chi connectivity index (χ1v) is 10.2. The molecule has 146 valence electrons. The van der Waals surface area contributed by atoms with Gasteiger partial charge >= 0.3 is 0 Å². The number of aryl methyl sites for hydroxylation is 3. The molecular formula is C23H28N4O. The molecule has 0 aliphatic heterocycles. The summed E-state index contributed by atoms with van der Waals surface area (Å²) in [5.41, 5.74) is 5.47. The van der Waals surface area contributed by atoms with Crippen molar-refractivity contribution in [2.24, 2.45) is 0 Å². The molecule has 2 aromatic heterocycles. The van der Waals surface area contributed by atoms with Crippen molar-refractivity contribution < 1.29 is 4.79 Å². The molecule has 4 rings (SSSR count). The third-order valence-electron chi connectivity index (χ3n) is 5.96. The van der Waals surface area contributed by atoms with Gasteiger partial charge in [-0.2, -0.15) is 5.10 Å². The maximum absolute atomic E-state index is 13.0. The predicted molar refractivity (Wildman–Crippen MR) is 113 cm³/mol. The molecule has 0 radical (unpaired) electrons. The Hall–Kier alpha value is -2.69. The number of nitrogens with zero attached hydrogens (tertiary/aromatic N) is 4. The first kappa shape index (κ1) is 18.7. The third kappa shape index (κ3) is 3.30.